The molecule has 0 aliphatic rings. The van der Waals surface area contributed by atoms with Crippen molar-refractivity contribution in [3.05, 3.63) is 18.1 Å². The van der Waals surface area contributed by atoms with E-state index in [2.05, 4.69) is 34.3 Å². The van der Waals surface area contributed by atoms with Crippen LogP contribution in [0.4, 0.5) is 5.82 Å². The van der Waals surface area contributed by atoms with Crippen LogP contribution in [-0.2, 0) is 11.3 Å². The first-order valence-electron chi connectivity index (χ1n) is 6.36. The summed E-state index contributed by atoms with van der Waals surface area (Å²) in [7, 11) is 1.57. The Hall–Kier alpha value is -1.62. The van der Waals surface area contributed by atoms with Crippen LogP contribution >= 0.6 is 0 Å². The Morgan fingerprint density at radius 1 is 1.44 bits per heavy atom. The van der Waals surface area contributed by atoms with Gasteiger partial charge in [-0.2, -0.15) is 0 Å². The number of aromatic nitrogens is 3. The molecule has 2 rings (SSSR count). The highest BCUT2D eigenvalue weighted by atomic mass is 16.6. The topological polar surface area (TPSA) is 62.8 Å². The van der Waals surface area contributed by atoms with Gasteiger partial charge in [-0.3, -0.25) is 4.84 Å². The van der Waals surface area contributed by atoms with E-state index >= 15 is 0 Å². The molecule has 0 aliphatic carbocycles. The van der Waals surface area contributed by atoms with Crippen LogP contribution in [-0.4, -0.2) is 22.1 Å². The number of anilines is 1. The van der Waals surface area contributed by atoms with E-state index in [1.54, 1.807) is 13.4 Å². The van der Waals surface area contributed by atoms with Gasteiger partial charge in [-0.1, -0.05) is 20.3 Å². The lowest BCUT2D eigenvalue weighted by atomic mass is 10.00. The van der Waals surface area contributed by atoms with Crippen LogP contribution in [0.3, 0.4) is 0 Å². The highest BCUT2D eigenvalue weighted by Crippen LogP contribution is 2.23. The van der Waals surface area contributed by atoms with Crippen LogP contribution < -0.4 is 5.48 Å². The van der Waals surface area contributed by atoms with Gasteiger partial charge in [0.1, 0.15) is 11.8 Å². The van der Waals surface area contributed by atoms with Crippen molar-refractivity contribution in [3.63, 3.8) is 0 Å². The summed E-state index contributed by atoms with van der Waals surface area (Å²) in [5.41, 5.74) is 5.88. The molecule has 0 aromatic carbocycles. The van der Waals surface area contributed by atoms with Gasteiger partial charge in [0.2, 0.25) is 0 Å². The fourth-order valence-electron chi connectivity index (χ4n) is 1.96. The number of aryl methyl sites for hydroxylation is 1. The number of nitrogens with zero attached hydrogens (tertiary/aromatic N) is 2. The molecule has 0 saturated heterocycles. The minimum atomic E-state index is 0.678. The van der Waals surface area contributed by atoms with Gasteiger partial charge in [-0.05, 0) is 24.3 Å². The second kappa shape index (κ2) is 5.82. The Morgan fingerprint density at radius 3 is 3.00 bits per heavy atom. The van der Waals surface area contributed by atoms with Gasteiger partial charge in [0.25, 0.3) is 0 Å². The summed E-state index contributed by atoms with van der Waals surface area (Å²) in [4.78, 5) is 16.6. The van der Waals surface area contributed by atoms with Gasteiger partial charge >= 0.3 is 0 Å². The number of H-pyrrole nitrogens is 1. The zero-order chi connectivity index (χ0) is 13.0. The van der Waals surface area contributed by atoms with E-state index in [0.29, 0.717) is 5.82 Å². The molecule has 0 saturated carbocycles. The highest BCUT2D eigenvalue weighted by molar-refractivity contribution is 5.87. The van der Waals surface area contributed by atoms with Gasteiger partial charge in [-0.25, -0.2) is 15.4 Å². The van der Waals surface area contributed by atoms with E-state index in [4.69, 9.17) is 4.84 Å². The second-order valence-electron chi connectivity index (χ2n) is 4.62. The Kier molecular flexibility index (Phi) is 4.15. The zero-order valence-corrected chi connectivity index (χ0v) is 11.2. The van der Waals surface area contributed by atoms with Crippen molar-refractivity contribution in [1.82, 2.24) is 15.0 Å². The first-order valence-corrected chi connectivity index (χ1v) is 6.36. The molecule has 5 nitrogen and oxygen atoms in total. The predicted octanol–water partition coefficient (Wildman–Crippen LogP) is 2.91. The molecular weight excluding hydrogens is 228 g/mol. The molecule has 98 valence electrons. The minimum absolute atomic E-state index is 0.678. The molecule has 5 heteroatoms. The van der Waals surface area contributed by atoms with Crippen molar-refractivity contribution in [2.24, 2.45) is 5.92 Å². The maximum absolute atomic E-state index is 4.90. The van der Waals surface area contributed by atoms with Crippen LogP contribution in [0.5, 0.6) is 0 Å². The summed E-state index contributed by atoms with van der Waals surface area (Å²) in [5.74, 6) is 1.42. The van der Waals surface area contributed by atoms with Crippen LogP contribution in [0.1, 0.15) is 32.3 Å². The van der Waals surface area contributed by atoms with E-state index in [1.807, 2.05) is 6.20 Å². The molecule has 2 N–H and O–H groups in total. The smallest absolute Gasteiger partial charge is 0.177 e. The third kappa shape index (κ3) is 2.61. The minimum Gasteiger partial charge on any atom is -0.356 e. The Labute approximate surface area is 107 Å². The Morgan fingerprint density at radius 2 is 2.28 bits per heavy atom. The van der Waals surface area contributed by atoms with Crippen molar-refractivity contribution < 1.29 is 4.84 Å². The molecule has 0 bridgehead atoms. The summed E-state index contributed by atoms with van der Waals surface area (Å²) < 4.78 is 0. The number of aromatic amines is 1. The first-order chi connectivity index (χ1) is 8.76. The lowest BCUT2D eigenvalue weighted by Gasteiger charge is -2.07. The molecule has 0 unspecified atom stereocenters. The third-order valence-electron chi connectivity index (χ3n) is 3.34. The number of hydrogen-bond acceptors (Lipinski definition) is 4. The van der Waals surface area contributed by atoms with E-state index in [-0.39, 0.29) is 0 Å². The van der Waals surface area contributed by atoms with E-state index < -0.39 is 0 Å². The number of hydrogen-bond donors (Lipinski definition) is 2. The summed E-state index contributed by atoms with van der Waals surface area (Å²) in [6, 6.07) is 0. The standard InChI is InChI=1S/C13H20N4O/c1-4-9(2)5-6-10-7-14-12-11(10)15-8-16-13(12)17-18-3/h7-9,14H,4-6H2,1-3H3,(H,15,16,17)/t9-/m0/s1. The molecule has 0 aliphatic heterocycles. The molecule has 0 amide bonds. The SMILES string of the molecule is CC[C@H](C)CCc1c[nH]c2c(NOC)ncnc12. The summed E-state index contributed by atoms with van der Waals surface area (Å²) in [6.07, 6.45) is 7.01. The average Bonchev–Trinajstić information content (AvgIpc) is 2.80. The van der Waals surface area contributed by atoms with Gasteiger partial charge in [0.05, 0.1) is 12.6 Å². The van der Waals surface area contributed by atoms with Crippen molar-refractivity contribution in [2.45, 2.75) is 33.1 Å². The Balaban J connectivity index is 2.22. The van der Waals surface area contributed by atoms with Crippen molar-refractivity contribution >= 4 is 16.9 Å². The van der Waals surface area contributed by atoms with E-state index in [0.717, 1.165) is 23.4 Å². The molecule has 2 aromatic heterocycles. The summed E-state index contributed by atoms with van der Waals surface area (Å²) in [6.45, 7) is 4.50. The van der Waals surface area contributed by atoms with E-state index in [1.165, 1.54) is 18.4 Å². The molecule has 18 heavy (non-hydrogen) atoms. The molecule has 2 heterocycles. The van der Waals surface area contributed by atoms with Crippen LogP contribution in [0.15, 0.2) is 12.5 Å². The zero-order valence-electron chi connectivity index (χ0n) is 11.2. The van der Waals surface area contributed by atoms with Crippen LogP contribution in [0.2, 0.25) is 0 Å². The lowest BCUT2D eigenvalue weighted by Crippen LogP contribution is -2.00. The molecule has 0 radical (unpaired) electrons. The fourth-order valence-corrected chi connectivity index (χ4v) is 1.96. The number of rotatable bonds is 6. The van der Waals surface area contributed by atoms with Gasteiger partial charge in [0, 0.05) is 6.20 Å². The summed E-state index contributed by atoms with van der Waals surface area (Å²) >= 11 is 0. The van der Waals surface area contributed by atoms with Crippen molar-refractivity contribution in [3.8, 4) is 0 Å². The predicted molar refractivity (Wildman–Crippen MR) is 72.3 cm³/mol. The molecular formula is C13H20N4O. The summed E-state index contributed by atoms with van der Waals surface area (Å²) in [5, 5.41) is 0. The molecule has 1 atom stereocenters. The van der Waals surface area contributed by atoms with E-state index in [9.17, 15) is 0 Å². The molecule has 0 spiro atoms. The maximum Gasteiger partial charge on any atom is 0.177 e. The number of fused-ring (bicyclic) bond motifs is 1. The monoisotopic (exact) mass is 248 g/mol. The Bertz CT molecular complexity index is 509. The third-order valence-corrected chi connectivity index (χ3v) is 3.34. The molecule has 2 aromatic rings. The normalized spacial score (nSPS) is 12.8. The first kappa shape index (κ1) is 12.8. The van der Waals surface area contributed by atoms with Crippen LogP contribution in [0.25, 0.3) is 11.0 Å². The quantitative estimate of drug-likeness (QED) is 0.771. The maximum atomic E-state index is 4.90. The van der Waals surface area contributed by atoms with Crippen molar-refractivity contribution in [1.29, 1.82) is 0 Å². The second-order valence-corrected chi connectivity index (χ2v) is 4.62. The fraction of sp³-hybridized carbons (Fsp3) is 0.538. The largest absolute Gasteiger partial charge is 0.356 e. The van der Waals surface area contributed by atoms with Gasteiger partial charge in [-0.15, -0.1) is 0 Å². The lowest BCUT2D eigenvalue weighted by molar-refractivity contribution is 0.269. The average molecular weight is 248 g/mol. The van der Waals surface area contributed by atoms with Gasteiger partial charge < -0.3 is 4.98 Å². The highest BCUT2D eigenvalue weighted by Gasteiger charge is 2.10. The molecule has 0 fully saturated rings. The van der Waals surface area contributed by atoms with Crippen LogP contribution in [0, 0.1) is 5.92 Å². The van der Waals surface area contributed by atoms with Crippen molar-refractivity contribution in [2.75, 3.05) is 12.6 Å². The number of nitrogens with one attached hydrogen (secondary N) is 2. The van der Waals surface area contributed by atoms with Gasteiger partial charge in [0.15, 0.2) is 5.82 Å².